The van der Waals surface area contributed by atoms with Crippen LogP contribution in [-0.4, -0.2) is 154 Å². The number of carbonyl (C=O) groups is 1. The zero-order valence-corrected chi connectivity index (χ0v) is 32.5. The molecule has 1 amide bonds. The molecule has 6 rings (SSSR count). The standard InChI is InChI=1S/C30H41FN10O16P2/c31-3-6-51-8-9-52-7-5-40-12-18(37-38-40)10-33-27-21-28(35-15-34-27)41(16-36-21)30-25(45)23(43)20(56-30)14-54-59(49,50)57-58(47,48)53-13-19-22(42)24(44)29(55-19)39-4-1-2-17(11-39)26(32)46/h1-2,4,11-12,15-16,19-20,22-25,29-30,42-45H,3,5-10,13-14H2,(H4-,32,33,34,35,46,47,48,49,50)/p+1/i31-1. The first-order chi connectivity index (χ1) is 28.2. The molecule has 59 heavy (non-hydrogen) atoms. The average Bonchev–Trinajstić information content (AvgIpc) is 3.98. The number of nitrogens with two attached hydrogens (primary N) is 1. The summed E-state index contributed by atoms with van der Waals surface area (Å²) in [5.74, 6) is -0.496. The number of nitrogens with zero attached hydrogens (tertiary/aromatic N) is 8. The van der Waals surface area contributed by atoms with Crippen LogP contribution in [0, 0.1) is 0 Å². The van der Waals surface area contributed by atoms with Crippen LogP contribution in [-0.2, 0) is 54.5 Å². The predicted octanol–water partition coefficient (Wildman–Crippen LogP) is -2.39. The number of aliphatic hydroxyl groups is 4. The first-order valence-corrected chi connectivity index (χ1v) is 20.7. The zero-order chi connectivity index (χ0) is 42.3. The Hall–Kier alpha value is -4.02. The molecule has 0 radical (unpaired) electrons. The van der Waals surface area contributed by atoms with Crippen molar-refractivity contribution in [1.29, 1.82) is 0 Å². The summed E-state index contributed by atoms with van der Waals surface area (Å²) in [6.45, 7) is -0.886. The lowest BCUT2D eigenvalue weighted by Gasteiger charge is -2.20. The molecular weight excluding hydrogens is 836 g/mol. The normalized spacial score (nSPS) is 26.6. The Labute approximate surface area is 332 Å². The molecule has 2 aliphatic rings. The van der Waals surface area contributed by atoms with Crippen LogP contribution in [0.5, 0.6) is 0 Å². The van der Waals surface area contributed by atoms with Crippen molar-refractivity contribution < 1.29 is 85.4 Å². The zero-order valence-electron chi connectivity index (χ0n) is 30.7. The van der Waals surface area contributed by atoms with Gasteiger partial charge < -0.3 is 60.2 Å². The third-order valence-corrected chi connectivity index (χ3v) is 11.4. The summed E-state index contributed by atoms with van der Waals surface area (Å²) in [5.41, 5.74) is 6.30. The minimum Gasteiger partial charge on any atom is -0.387 e. The van der Waals surface area contributed by atoms with Crippen molar-refractivity contribution in [3.63, 3.8) is 0 Å². The van der Waals surface area contributed by atoms with E-state index in [9.17, 15) is 48.5 Å². The molecule has 0 saturated carbocycles. The van der Waals surface area contributed by atoms with E-state index in [0.29, 0.717) is 25.5 Å². The molecule has 10 atom stereocenters. The monoisotopic (exact) mass is 878 g/mol. The quantitative estimate of drug-likeness (QED) is 0.0232. The van der Waals surface area contributed by atoms with Gasteiger partial charge in [0.15, 0.2) is 41.7 Å². The van der Waals surface area contributed by atoms with Gasteiger partial charge in [-0.1, -0.05) is 5.21 Å². The van der Waals surface area contributed by atoms with Gasteiger partial charge in [0, 0.05) is 6.07 Å². The molecule has 9 N–H and O–H groups in total. The highest BCUT2D eigenvalue weighted by Crippen LogP contribution is 2.60. The predicted molar refractivity (Wildman–Crippen MR) is 190 cm³/mol. The third kappa shape index (κ3) is 11.2. The number of imidazole rings is 1. The van der Waals surface area contributed by atoms with Crippen LogP contribution in [0.4, 0.5) is 10.2 Å². The number of rotatable bonds is 22. The number of aromatic nitrogens is 8. The van der Waals surface area contributed by atoms with Crippen LogP contribution >= 0.6 is 15.6 Å². The van der Waals surface area contributed by atoms with E-state index in [1.165, 1.54) is 46.3 Å². The van der Waals surface area contributed by atoms with E-state index in [-0.39, 0.29) is 42.3 Å². The van der Waals surface area contributed by atoms with Crippen LogP contribution in [0.25, 0.3) is 11.2 Å². The van der Waals surface area contributed by atoms with E-state index in [1.807, 2.05) is 0 Å². The van der Waals surface area contributed by atoms with Gasteiger partial charge in [0.1, 0.15) is 54.8 Å². The van der Waals surface area contributed by atoms with Gasteiger partial charge in [0.05, 0.1) is 65.3 Å². The maximum atomic E-state index is 12.7. The summed E-state index contributed by atoms with van der Waals surface area (Å²) in [7, 11) is -10.9. The summed E-state index contributed by atoms with van der Waals surface area (Å²) < 4.78 is 77.0. The number of phosphoric ester groups is 2. The van der Waals surface area contributed by atoms with E-state index in [0.717, 1.165) is 0 Å². The van der Waals surface area contributed by atoms with E-state index in [1.54, 1.807) is 10.9 Å². The largest absolute Gasteiger partial charge is 0.481 e. The Kier molecular flexibility index (Phi) is 14.8. The molecule has 10 unspecified atom stereocenters. The van der Waals surface area contributed by atoms with Gasteiger partial charge in [-0.3, -0.25) is 18.4 Å². The molecule has 4 aromatic heterocycles. The Morgan fingerprint density at radius 2 is 1.64 bits per heavy atom. The molecule has 0 bridgehead atoms. The van der Waals surface area contributed by atoms with Crippen LogP contribution in [0.3, 0.4) is 0 Å². The van der Waals surface area contributed by atoms with Gasteiger partial charge in [0.25, 0.3) is 12.1 Å². The number of hydrogen-bond acceptors (Lipinski definition) is 20. The summed E-state index contributed by atoms with van der Waals surface area (Å²) in [4.78, 5) is 44.6. The highest BCUT2D eigenvalue weighted by atomic mass is 31.3. The minimum absolute atomic E-state index is 0.0193. The molecule has 0 aromatic carbocycles. The van der Waals surface area contributed by atoms with E-state index < -0.39 is 90.5 Å². The Morgan fingerprint density at radius 1 is 0.949 bits per heavy atom. The fourth-order valence-electron chi connectivity index (χ4n) is 5.92. The van der Waals surface area contributed by atoms with Crippen molar-refractivity contribution in [3.8, 4) is 0 Å². The smallest absolute Gasteiger partial charge is 0.387 e. The van der Waals surface area contributed by atoms with Crippen molar-refractivity contribution in [3.05, 3.63) is 54.6 Å². The number of phosphoric acid groups is 2. The summed E-state index contributed by atoms with van der Waals surface area (Å²) >= 11 is 0. The van der Waals surface area contributed by atoms with Crippen LogP contribution in [0.15, 0.2) is 43.4 Å². The number of halogens is 1. The molecule has 26 nitrogen and oxygen atoms in total. The SMILES string of the molecule is NC(=O)c1ccc[n+](C2OC(COP(=O)(O)OP(=O)(O)OCC3OC(n4cnc5c(NCc6cn(CCOCCOCC[18F])nn6)ncnc54)C(O)C3O)C(O)C2O)c1. The number of primary amides is 1. The van der Waals surface area contributed by atoms with Gasteiger partial charge in [-0.05, 0) is 6.07 Å². The maximum absolute atomic E-state index is 12.7. The maximum Gasteiger partial charge on any atom is 0.481 e. The lowest BCUT2D eigenvalue weighted by molar-refractivity contribution is -0.765. The van der Waals surface area contributed by atoms with Crippen molar-refractivity contribution in [2.24, 2.45) is 5.73 Å². The number of ether oxygens (including phenoxy) is 4. The molecule has 2 saturated heterocycles. The number of amides is 1. The van der Waals surface area contributed by atoms with Crippen molar-refractivity contribution in [1.82, 2.24) is 34.5 Å². The molecule has 2 aliphatic heterocycles. The number of anilines is 1. The Bertz CT molecular complexity index is 2140. The fourth-order valence-corrected chi connectivity index (χ4v) is 8.02. The first kappa shape index (κ1) is 44.5. The lowest BCUT2D eigenvalue weighted by Crippen LogP contribution is -2.46. The van der Waals surface area contributed by atoms with Crippen molar-refractivity contribution in [2.45, 2.75) is 62.2 Å². The number of nitrogens with one attached hydrogen (secondary N) is 1. The number of hydrogen-bond donors (Lipinski definition) is 8. The molecule has 29 heteroatoms. The average molecular weight is 879 g/mol. The van der Waals surface area contributed by atoms with Crippen LogP contribution in [0.2, 0.25) is 0 Å². The van der Waals surface area contributed by atoms with Gasteiger partial charge in [-0.15, -0.1) is 5.10 Å². The fraction of sp³-hybridized carbons (Fsp3) is 0.567. The van der Waals surface area contributed by atoms with Crippen LogP contribution in [0.1, 0.15) is 28.5 Å². The summed E-state index contributed by atoms with van der Waals surface area (Å²) in [5, 5.41) is 53.7. The Morgan fingerprint density at radius 3 is 2.36 bits per heavy atom. The highest BCUT2D eigenvalue weighted by molar-refractivity contribution is 7.61. The van der Waals surface area contributed by atoms with E-state index in [4.69, 9.17) is 33.7 Å². The van der Waals surface area contributed by atoms with Crippen LogP contribution < -0.4 is 15.6 Å². The molecule has 0 spiro atoms. The Balaban J connectivity index is 0.986. The van der Waals surface area contributed by atoms with Gasteiger partial charge in [-0.25, -0.2) is 33.2 Å². The number of carbonyl (C=O) groups excluding carboxylic acids is 1. The van der Waals surface area contributed by atoms with Crippen molar-refractivity contribution in [2.75, 3.05) is 51.6 Å². The van der Waals surface area contributed by atoms with Crippen molar-refractivity contribution >= 4 is 38.5 Å². The van der Waals surface area contributed by atoms with E-state index >= 15 is 0 Å². The lowest BCUT2D eigenvalue weighted by atomic mass is 10.1. The summed E-state index contributed by atoms with van der Waals surface area (Å²) in [6, 6.07) is 2.83. The molecule has 2 fully saturated rings. The number of fused-ring (bicyclic) bond motifs is 1. The van der Waals surface area contributed by atoms with Gasteiger partial charge >= 0.3 is 15.6 Å². The van der Waals surface area contributed by atoms with Gasteiger partial charge in [-0.2, -0.15) is 8.88 Å². The number of alkyl halides is 1. The van der Waals surface area contributed by atoms with E-state index in [2.05, 4.69) is 34.9 Å². The third-order valence-electron chi connectivity index (χ3n) is 8.80. The molecule has 6 heterocycles. The number of aliphatic hydroxyl groups excluding tert-OH is 4. The summed E-state index contributed by atoms with van der Waals surface area (Å²) in [6.07, 6.45) is -5.38. The second-order valence-electron chi connectivity index (χ2n) is 12.9. The second-order valence-corrected chi connectivity index (χ2v) is 15.9. The van der Waals surface area contributed by atoms with Gasteiger partial charge in [0.2, 0.25) is 0 Å². The highest BCUT2D eigenvalue weighted by Gasteiger charge is 2.50. The molecule has 4 aromatic rings. The second kappa shape index (κ2) is 19.6. The topological polar surface area (TPSA) is 353 Å². The first-order valence-electron chi connectivity index (χ1n) is 17.7. The number of pyridine rings is 1. The molecule has 0 aliphatic carbocycles. The molecule has 324 valence electrons. The minimum atomic E-state index is -5.44. The molecular formula is C30H42FN10O16P2+.